The Labute approximate surface area is 202 Å². The molecule has 0 aromatic carbocycles. The van der Waals surface area contributed by atoms with Gasteiger partial charge >= 0.3 is 11.9 Å². The molecular weight excluding hydrogens is 418 g/mol. The van der Waals surface area contributed by atoms with Crippen LogP contribution in [0.2, 0.25) is 0 Å². The highest BCUT2D eigenvalue weighted by atomic mass is 16.7. The number of hydrogen-bond donors (Lipinski definition) is 2. The van der Waals surface area contributed by atoms with Gasteiger partial charge in [-0.05, 0) is 71.6 Å². The van der Waals surface area contributed by atoms with E-state index in [2.05, 4.69) is 39.7 Å². The summed E-state index contributed by atoms with van der Waals surface area (Å²) in [5.41, 5.74) is -0.223. The monoisotopic (exact) mass is 469 g/mol. The van der Waals surface area contributed by atoms with Crippen LogP contribution < -0.4 is 0 Å². The van der Waals surface area contributed by atoms with E-state index in [9.17, 15) is 14.7 Å². The van der Waals surface area contributed by atoms with Gasteiger partial charge in [-0.25, -0.2) is 0 Å². The number of carbonyl (C=O) groups is 2. The third-order valence-corrected chi connectivity index (χ3v) is 7.20. The molecule has 194 valence electrons. The summed E-state index contributed by atoms with van der Waals surface area (Å²) in [5.74, 6) is -0.675. The molecule has 0 aliphatic carbocycles. The number of unbranched alkanes of at least 4 members (excludes halogenated alkanes) is 7. The summed E-state index contributed by atoms with van der Waals surface area (Å²) < 4.78 is 0. The third-order valence-electron chi connectivity index (χ3n) is 7.20. The Bertz CT molecular complexity index is 557. The van der Waals surface area contributed by atoms with Crippen molar-refractivity contribution in [2.75, 3.05) is 6.61 Å². The van der Waals surface area contributed by atoms with Crippen molar-refractivity contribution in [3.05, 3.63) is 0 Å². The predicted molar refractivity (Wildman–Crippen MR) is 133 cm³/mol. The van der Waals surface area contributed by atoms with Crippen LogP contribution in [-0.2, 0) is 14.4 Å². The first kappa shape index (κ1) is 29.9. The van der Waals surface area contributed by atoms with Crippen molar-refractivity contribution >= 4 is 11.9 Å². The Kier molecular flexibility index (Phi) is 13.6. The summed E-state index contributed by atoms with van der Waals surface area (Å²) >= 11 is 0. The van der Waals surface area contributed by atoms with Crippen molar-refractivity contribution < 1.29 is 24.6 Å². The van der Waals surface area contributed by atoms with Gasteiger partial charge in [0.15, 0.2) is 0 Å². The number of nitrogens with zero attached hydrogens (tertiary/aromatic N) is 1. The highest BCUT2D eigenvalue weighted by Gasteiger charge is 2.48. The Morgan fingerprint density at radius 2 is 1.36 bits per heavy atom. The first-order chi connectivity index (χ1) is 15.5. The molecule has 0 aromatic rings. The molecule has 0 aromatic heterocycles. The zero-order valence-electron chi connectivity index (χ0n) is 22.0. The SMILES string of the molecule is CCCCCCCCON1C(C)(C)CC(C(CCCCCC(=O)O)CCC(=O)O)CC1(C)C. The topological polar surface area (TPSA) is 87.1 Å². The molecule has 0 spiro atoms. The van der Waals surface area contributed by atoms with E-state index in [-0.39, 0.29) is 23.9 Å². The second kappa shape index (κ2) is 15.0. The summed E-state index contributed by atoms with van der Waals surface area (Å²) in [5, 5.41) is 20.4. The number of carboxylic acids is 2. The smallest absolute Gasteiger partial charge is 0.303 e. The average Bonchev–Trinajstić information content (AvgIpc) is 2.69. The Hall–Kier alpha value is -1.14. The Balaban J connectivity index is 2.67. The van der Waals surface area contributed by atoms with Crippen molar-refractivity contribution in [1.82, 2.24) is 5.06 Å². The summed E-state index contributed by atoms with van der Waals surface area (Å²) in [7, 11) is 0. The molecule has 2 N–H and O–H groups in total. The number of hydrogen-bond acceptors (Lipinski definition) is 4. The summed E-state index contributed by atoms with van der Waals surface area (Å²) in [4.78, 5) is 28.4. The molecule has 33 heavy (non-hydrogen) atoms. The zero-order chi connectivity index (χ0) is 24.9. The highest BCUT2D eigenvalue weighted by molar-refractivity contribution is 5.66. The fraction of sp³-hybridized carbons (Fsp3) is 0.926. The average molecular weight is 470 g/mol. The number of rotatable bonds is 18. The fourth-order valence-corrected chi connectivity index (χ4v) is 5.85. The summed E-state index contributed by atoms with van der Waals surface area (Å²) in [6.07, 6.45) is 14.1. The van der Waals surface area contributed by atoms with Crippen LogP contribution in [0.25, 0.3) is 0 Å². The van der Waals surface area contributed by atoms with Gasteiger partial charge in [0.2, 0.25) is 0 Å². The molecule has 6 nitrogen and oxygen atoms in total. The van der Waals surface area contributed by atoms with Gasteiger partial charge in [0, 0.05) is 23.9 Å². The zero-order valence-corrected chi connectivity index (χ0v) is 22.0. The standard InChI is InChI=1S/C27H51NO5/c1-6-7-8-9-10-14-19-33-28-26(2,3)20-23(21-27(28,4)5)22(17-18-25(31)32)15-12-11-13-16-24(29)30/h22-23H,6-21H2,1-5H3,(H,29,30)(H,31,32). The molecule has 0 radical (unpaired) electrons. The van der Waals surface area contributed by atoms with Crippen LogP contribution in [0.1, 0.15) is 131 Å². The van der Waals surface area contributed by atoms with E-state index in [0.29, 0.717) is 24.7 Å². The predicted octanol–water partition coefficient (Wildman–Crippen LogP) is 7.06. The molecule has 0 bridgehead atoms. The Morgan fingerprint density at radius 1 is 0.818 bits per heavy atom. The molecule has 0 saturated carbocycles. The first-order valence-corrected chi connectivity index (χ1v) is 13.4. The number of piperidine rings is 1. The molecule has 1 fully saturated rings. The molecule has 1 aliphatic rings. The van der Waals surface area contributed by atoms with Crippen LogP contribution >= 0.6 is 0 Å². The molecule has 1 unspecified atom stereocenters. The van der Waals surface area contributed by atoms with E-state index in [1.165, 1.54) is 32.1 Å². The van der Waals surface area contributed by atoms with Crippen molar-refractivity contribution in [2.45, 2.75) is 142 Å². The van der Waals surface area contributed by atoms with Gasteiger partial charge in [0.25, 0.3) is 0 Å². The number of aliphatic carboxylic acids is 2. The second-order valence-electron chi connectivity index (χ2n) is 11.4. The lowest BCUT2D eigenvalue weighted by Crippen LogP contribution is -2.61. The van der Waals surface area contributed by atoms with E-state index < -0.39 is 11.9 Å². The van der Waals surface area contributed by atoms with Crippen molar-refractivity contribution in [3.8, 4) is 0 Å². The van der Waals surface area contributed by atoms with Gasteiger partial charge in [-0.2, -0.15) is 5.06 Å². The van der Waals surface area contributed by atoms with Crippen molar-refractivity contribution in [2.24, 2.45) is 11.8 Å². The number of hydroxylamine groups is 2. The van der Waals surface area contributed by atoms with E-state index in [1.807, 2.05) is 0 Å². The first-order valence-electron chi connectivity index (χ1n) is 13.4. The van der Waals surface area contributed by atoms with Crippen LogP contribution in [0.4, 0.5) is 0 Å². The molecule has 0 amide bonds. The van der Waals surface area contributed by atoms with Gasteiger partial charge < -0.3 is 10.2 Å². The van der Waals surface area contributed by atoms with Gasteiger partial charge in [-0.15, -0.1) is 0 Å². The fourth-order valence-electron chi connectivity index (χ4n) is 5.85. The third kappa shape index (κ3) is 11.7. The lowest BCUT2D eigenvalue weighted by molar-refractivity contribution is -0.290. The van der Waals surface area contributed by atoms with Crippen LogP contribution in [0.3, 0.4) is 0 Å². The molecule has 1 saturated heterocycles. The minimum Gasteiger partial charge on any atom is -0.481 e. The van der Waals surface area contributed by atoms with Crippen molar-refractivity contribution in [1.29, 1.82) is 0 Å². The summed E-state index contributed by atoms with van der Waals surface area (Å²) in [6, 6.07) is 0. The normalized spacial score (nSPS) is 19.4. The van der Waals surface area contributed by atoms with Crippen LogP contribution in [-0.4, -0.2) is 44.9 Å². The van der Waals surface area contributed by atoms with E-state index in [1.54, 1.807) is 0 Å². The van der Waals surface area contributed by atoms with Gasteiger partial charge in [-0.3, -0.25) is 14.4 Å². The lowest BCUT2D eigenvalue weighted by Gasteiger charge is -2.55. The Morgan fingerprint density at radius 3 is 1.94 bits per heavy atom. The van der Waals surface area contributed by atoms with Crippen molar-refractivity contribution in [3.63, 3.8) is 0 Å². The van der Waals surface area contributed by atoms with Gasteiger partial charge in [-0.1, -0.05) is 58.3 Å². The maximum Gasteiger partial charge on any atom is 0.303 e. The van der Waals surface area contributed by atoms with Crippen LogP contribution in [0, 0.1) is 11.8 Å². The molecule has 1 aliphatic heterocycles. The molecular formula is C27H51NO5. The highest BCUT2D eigenvalue weighted by Crippen LogP contribution is 2.46. The van der Waals surface area contributed by atoms with Crippen LogP contribution in [0.15, 0.2) is 0 Å². The number of carboxylic acid groups (broad SMARTS) is 2. The van der Waals surface area contributed by atoms with E-state index in [0.717, 1.165) is 45.1 Å². The van der Waals surface area contributed by atoms with E-state index in [4.69, 9.17) is 9.94 Å². The maximum absolute atomic E-state index is 11.3. The largest absolute Gasteiger partial charge is 0.481 e. The minimum absolute atomic E-state index is 0.112. The maximum atomic E-state index is 11.3. The molecule has 6 heteroatoms. The van der Waals surface area contributed by atoms with Gasteiger partial charge in [0.05, 0.1) is 6.61 Å². The minimum atomic E-state index is -0.741. The van der Waals surface area contributed by atoms with E-state index >= 15 is 0 Å². The molecule has 1 atom stereocenters. The second-order valence-corrected chi connectivity index (χ2v) is 11.4. The van der Waals surface area contributed by atoms with Gasteiger partial charge in [0.1, 0.15) is 0 Å². The quantitative estimate of drug-likeness (QED) is 0.209. The molecule has 1 heterocycles. The van der Waals surface area contributed by atoms with Crippen LogP contribution in [0.5, 0.6) is 0 Å². The molecule has 1 rings (SSSR count). The lowest BCUT2D eigenvalue weighted by atomic mass is 9.68. The summed E-state index contributed by atoms with van der Waals surface area (Å²) in [6.45, 7) is 12.0.